The summed E-state index contributed by atoms with van der Waals surface area (Å²) in [7, 11) is 0. The van der Waals surface area contributed by atoms with Crippen LogP contribution in [-0.2, 0) is 20.9 Å². The fourth-order valence-electron chi connectivity index (χ4n) is 4.55. The number of hydrogen-bond donors (Lipinski definition) is 1. The second kappa shape index (κ2) is 7.59. The number of amides is 1. The Morgan fingerprint density at radius 3 is 2.22 bits per heavy atom. The molecule has 0 aromatic heterocycles. The lowest BCUT2D eigenvalue weighted by Crippen LogP contribution is -2.53. The van der Waals surface area contributed by atoms with E-state index in [-0.39, 0.29) is 18.1 Å². The number of rotatable bonds is 4. The first-order valence-corrected chi connectivity index (χ1v) is 10.0. The number of nitrogens with zero attached hydrogens (tertiary/aromatic N) is 2. The number of ether oxygens (including phenoxy) is 1. The van der Waals surface area contributed by atoms with Crippen molar-refractivity contribution in [3.8, 4) is 0 Å². The minimum absolute atomic E-state index is 0.0787. The van der Waals surface area contributed by atoms with Crippen LogP contribution in [0.15, 0.2) is 18.2 Å². The summed E-state index contributed by atoms with van der Waals surface area (Å²) >= 11 is 12.5. The topological polar surface area (TPSA) is 70.1 Å². The molecule has 3 heterocycles. The number of fused-ring (bicyclic) bond motifs is 2. The van der Waals surface area contributed by atoms with Gasteiger partial charge in [0.05, 0.1) is 24.0 Å². The average Bonchev–Trinajstić information content (AvgIpc) is 3.26. The van der Waals surface area contributed by atoms with Crippen molar-refractivity contribution in [1.82, 2.24) is 9.80 Å². The van der Waals surface area contributed by atoms with E-state index in [1.54, 1.807) is 4.90 Å². The molecule has 0 radical (unpaired) electrons. The van der Waals surface area contributed by atoms with Crippen LogP contribution in [0.5, 0.6) is 0 Å². The molecule has 1 amide bonds. The zero-order chi connectivity index (χ0) is 19.1. The summed E-state index contributed by atoms with van der Waals surface area (Å²) in [5.41, 5.74) is 0.896. The maximum Gasteiger partial charge on any atom is 0.310 e. The van der Waals surface area contributed by atoms with Gasteiger partial charge in [-0.3, -0.25) is 14.5 Å². The highest BCUT2D eigenvalue weighted by molar-refractivity contribution is 6.35. The molecule has 1 aromatic rings. The van der Waals surface area contributed by atoms with Gasteiger partial charge in [-0.25, -0.2) is 0 Å². The Balaban J connectivity index is 1.38. The van der Waals surface area contributed by atoms with Crippen LogP contribution in [0, 0.1) is 11.8 Å². The normalized spacial score (nSPS) is 30.7. The molecule has 3 aliphatic rings. The van der Waals surface area contributed by atoms with Crippen LogP contribution < -0.4 is 0 Å². The van der Waals surface area contributed by atoms with E-state index in [4.69, 9.17) is 27.9 Å². The van der Waals surface area contributed by atoms with Gasteiger partial charge in [0.15, 0.2) is 0 Å². The Labute approximate surface area is 168 Å². The van der Waals surface area contributed by atoms with E-state index in [1.807, 2.05) is 18.2 Å². The van der Waals surface area contributed by atoms with Crippen LogP contribution in [0.2, 0.25) is 10.0 Å². The minimum Gasteiger partial charge on any atom is -0.481 e. The molecule has 0 spiro atoms. The maximum absolute atomic E-state index is 13.0. The zero-order valence-electron chi connectivity index (χ0n) is 14.8. The van der Waals surface area contributed by atoms with Crippen molar-refractivity contribution >= 4 is 35.1 Å². The molecule has 6 nitrogen and oxygen atoms in total. The summed E-state index contributed by atoms with van der Waals surface area (Å²) in [6.07, 6.45) is 0.946. The number of aliphatic carboxylic acids is 1. The molecule has 2 bridgehead atoms. The molecule has 27 heavy (non-hydrogen) atoms. The first-order chi connectivity index (χ1) is 13.0. The van der Waals surface area contributed by atoms with Gasteiger partial charge in [0.1, 0.15) is 0 Å². The SMILES string of the molecule is O=C(O)[C@@H]1[C@H](C(=O)N2CCN(Cc3c(Cl)cccc3Cl)CC2)[C@H]2CC[C@H]1O2. The fourth-order valence-corrected chi connectivity index (χ4v) is 5.07. The number of carbonyl (C=O) groups excluding carboxylic acids is 1. The molecule has 1 aromatic carbocycles. The predicted molar refractivity (Wildman–Crippen MR) is 101 cm³/mol. The number of piperazine rings is 1. The summed E-state index contributed by atoms with van der Waals surface area (Å²) in [5, 5.41) is 10.8. The third-order valence-corrected chi connectivity index (χ3v) is 6.68. The van der Waals surface area contributed by atoms with E-state index >= 15 is 0 Å². The van der Waals surface area contributed by atoms with Crippen molar-refractivity contribution in [2.45, 2.75) is 31.6 Å². The van der Waals surface area contributed by atoms with Gasteiger partial charge < -0.3 is 14.7 Å². The molecule has 4 rings (SSSR count). The standard InChI is InChI=1S/C19H22Cl2N2O4/c20-12-2-1-3-13(21)11(12)10-22-6-8-23(9-7-22)18(24)16-14-4-5-15(27-14)17(16)19(25)26/h1-3,14-17H,4-10H2,(H,25,26)/t14-,15-,16-,17+/m1/s1. The van der Waals surface area contributed by atoms with E-state index in [9.17, 15) is 14.7 Å². The third-order valence-electron chi connectivity index (χ3n) is 5.97. The lowest BCUT2D eigenvalue weighted by atomic mass is 9.78. The molecule has 4 atom stereocenters. The number of hydrogen-bond acceptors (Lipinski definition) is 4. The van der Waals surface area contributed by atoms with E-state index in [0.717, 1.165) is 18.4 Å². The molecule has 3 fully saturated rings. The van der Waals surface area contributed by atoms with Crippen molar-refractivity contribution in [3.63, 3.8) is 0 Å². The Bertz CT molecular complexity index is 731. The van der Waals surface area contributed by atoms with E-state index in [1.165, 1.54) is 0 Å². The van der Waals surface area contributed by atoms with E-state index in [0.29, 0.717) is 42.8 Å². The fraction of sp³-hybridized carbons (Fsp3) is 0.579. The molecule has 146 valence electrons. The van der Waals surface area contributed by atoms with E-state index < -0.39 is 17.8 Å². The Morgan fingerprint density at radius 1 is 1.04 bits per heavy atom. The number of carboxylic acids is 1. The Hall–Kier alpha value is -1.34. The van der Waals surface area contributed by atoms with Crippen molar-refractivity contribution in [2.75, 3.05) is 26.2 Å². The third kappa shape index (κ3) is 3.56. The lowest BCUT2D eigenvalue weighted by Gasteiger charge is -2.37. The van der Waals surface area contributed by atoms with Gasteiger partial charge in [-0.15, -0.1) is 0 Å². The number of halogens is 2. The first-order valence-electron chi connectivity index (χ1n) is 9.28. The minimum atomic E-state index is -0.924. The van der Waals surface area contributed by atoms with Crippen LogP contribution in [0.4, 0.5) is 0 Å². The molecule has 0 saturated carbocycles. The van der Waals surface area contributed by atoms with E-state index in [2.05, 4.69) is 4.90 Å². The van der Waals surface area contributed by atoms with Gasteiger partial charge >= 0.3 is 5.97 Å². The molecule has 0 unspecified atom stereocenters. The highest BCUT2D eigenvalue weighted by Crippen LogP contribution is 2.44. The molecule has 3 saturated heterocycles. The summed E-state index contributed by atoms with van der Waals surface area (Å²) < 4.78 is 5.73. The largest absolute Gasteiger partial charge is 0.481 e. The average molecular weight is 413 g/mol. The lowest BCUT2D eigenvalue weighted by molar-refractivity contribution is -0.151. The quantitative estimate of drug-likeness (QED) is 0.822. The second-order valence-electron chi connectivity index (χ2n) is 7.48. The highest BCUT2D eigenvalue weighted by atomic mass is 35.5. The van der Waals surface area contributed by atoms with Gasteiger partial charge in [0, 0.05) is 48.3 Å². The van der Waals surface area contributed by atoms with Crippen LogP contribution in [0.25, 0.3) is 0 Å². The number of carbonyl (C=O) groups is 2. The predicted octanol–water partition coefficient (Wildman–Crippen LogP) is 2.52. The van der Waals surface area contributed by atoms with Crippen LogP contribution in [-0.4, -0.2) is 65.2 Å². The van der Waals surface area contributed by atoms with Gasteiger partial charge in [0.2, 0.25) is 5.91 Å². The Morgan fingerprint density at radius 2 is 1.63 bits per heavy atom. The van der Waals surface area contributed by atoms with Gasteiger partial charge in [0.25, 0.3) is 0 Å². The summed E-state index contributed by atoms with van der Waals surface area (Å²) in [4.78, 5) is 28.6. The van der Waals surface area contributed by atoms with Crippen LogP contribution in [0.3, 0.4) is 0 Å². The van der Waals surface area contributed by atoms with Crippen LogP contribution >= 0.6 is 23.2 Å². The summed E-state index contributed by atoms with van der Waals surface area (Å²) in [6, 6.07) is 5.47. The molecule has 0 aliphatic carbocycles. The molecule has 3 aliphatic heterocycles. The second-order valence-corrected chi connectivity index (χ2v) is 8.30. The first kappa shape index (κ1) is 19.0. The van der Waals surface area contributed by atoms with Gasteiger partial charge in [-0.1, -0.05) is 29.3 Å². The number of benzene rings is 1. The number of carboxylic acid groups (broad SMARTS) is 1. The van der Waals surface area contributed by atoms with Crippen molar-refractivity contribution in [2.24, 2.45) is 11.8 Å². The van der Waals surface area contributed by atoms with Crippen molar-refractivity contribution in [1.29, 1.82) is 0 Å². The maximum atomic E-state index is 13.0. The summed E-state index contributed by atoms with van der Waals surface area (Å²) in [6.45, 7) is 3.18. The Kier molecular flexibility index (Phi) is 5.34. The van der Waals surface area contributed by atoms with Crippen molar-refractivity contribution in [3.05, 3.63) is 33.8 Å². The molecule has 8 heteroatoms. The zero-order valence-corrected chi connectivity index (χ0v) is 16.3. The molecular weight excluding hydrogens is 391 g/mol. The summed E-state index contributed by atoms with van der Waals surface area (Å²) in [5.74, 6) is -2.26. The molecule has 1 N–H and O–H groups in total. The monoisotopic (exact) mass is 412 g/mol. The van der Waals surface area contributed by atoms with Crippen LogP contribution in [0.1, 0.15) is 18.4 Å². The van der Waals surface area contributed by atoms with Gasteiger partial charge in [-0.05, 0) is 25.0 Å². The molecular formula is C19H22Cl2N2O4. The smallest absolute Gasteiger partial charge is 0.310 e. The van der Waals surface area contributed by atoms with Crippen molar-refractivity contribution < 1.29 is 19.4 Å². The van der Waals surface area contributed by atoms with Gasteiger partial charge in [-0.2, -0.15) is 0 Å². The highest BCUT2D eigenvalue weighted by Gasteiger charge is 2.56.